The van der Waals surface area contributed by atoms with Crippen LogP contribution in [0.2, 0.25) is 0 Å². The van der Waals surface area contributed by atoms with Gasteiger partial charge in [0.25, 0.3) is 0 Å². The van der Waals surface area contributed by atoms with Crippen molar-refractivity contribution in [2.45, 2.75) is 4.90 Å². The molecule has 0 aromatic heterocycles. The van der Waals surface area contributed by atoms with Crippen LogP contribution in [0.25, 0.3) is 0 Å². The van der Waals surface area contributed by atoms with Gasteiger partial charge in [-0.15, -0.1) is 0 Å². The largest absolute Gasteiger partial charge is 0.320 e. The first-order valence-electron chi connectivity index (χ1n) is 3.33. The summed E-state index contributed by atoms with van der Waals surface area (Å²) < 4.78 is 0. The molecule has 2 N–H and O–H groups in total. The number of benzene rings is 1. The molecular weight excluding hydrogens is 154 g/mol. The van der Waals surface area contributed by atoms with Crippen LogP contribution in [0.4, 0.5) is 0 Å². The molecule has 0 spiro atoms. The summed E-state index contributed by atoms with van der Waals surface area (Å²) in [5, 5.41) is 2.89. The van der Waals surface area contributed by atoms with Crippen molar-refractivity contribution >= 4 is 11.8 Å². The van der Waals surface area contributed by atoms with Gasteiger partial charge in [0, 0.05) is 4.90 Å². The zero-order chi connectivity index (χ0) is 7.94. The first-order chi connectivity index (χ1) is 5.43. The number of rotatable bonds is 1. The van der Waals surface area contributed by atoms with Crippen LogP contribution in [0.15, 0.2) is 35.2 Å². The SMILES string of the molecule is NCC#CSc1ccccc1. The van der Waals surface area contributed by atoms with Gasteiger partial charge in [-0.3, -0.25) is 0 Å². The zero-order valence-electron chi connectivity index (χ0n) is 6.08. The van der Waals surface area contributed by atoms with Gasteiger partial charge in [-0.05, 0) is 29.1 Å². The molecule has 0 amide bonds. The Kier molecular flexibility index (Phi) is 3.60. The summed E-state index contributed by atoms with van der Waals surface area (Å²) in [4.78, 5) is 1.16. The molecule has 0 radical (unpaired) electrons. The van der Waals surface area contributed by atoms with Gasteiger partial charge in [-0.25, -0.2) is 0 Å². The van der Waals surface area contributed by atoms with Gasteiger partial charge in [-0.2, -0.15) is 0 Å². The third kappa shape index (κ3) is 3.13. The highest BCUT2D eigenvalue weighted by atomic mass is 32.2. The lowest BCUT2D eigenvalue weighted by Gasteiger charge is -1.89. The van der Waals surface area contributed by atoms with Gasteiger partial charge in [0.2, 0.25) is 0 Å². The number of hydrogen-bond donors (Lipinski definition) is 1. The molecular formula is C9H9NS. The second-order valence-corrected chi connectivity index (χ2v) is 2.78. The summed E-state index contributed by atoms with van der Waals surface area (Å²) >= 11 is 1.50. The molecule has 0 atom stereocenters. The molecule has 0 aliphatic heterocycles. The topological polar surface area (TPSA) is 26.0 Å². The van der Waals surface area contributed by atoms with Gasteiger partial charge in [0.1, 0.15) is 0 Å². The van der Waals surface area contributed by atoms with E-state index in [1.165, 1.54) is 11.8 Å². The lowest BCUT2D eigenvalue weighted by atomic mass is 10.4. The molecule has 0 heterocycles. The maximum absolute atomic E-state index is 5.21. The Labute approximate surface area is 71.0 Å². The average Bonchev–Trinajstić information content (AvgIpc) is 2.07. The fourth-order valence-corrected chi connectivity index (χ4v) is 1.19. The Bertz CT molecular complexity index is 258. The van der Waals surface area contributed by atoms with Gasteiger partial charge in [0.05, 0.1) is 6.54 Å². The highest BCUT2D eigenvalue weighted by Crippen LogP contribution is 2.14. The highest BCUT2D eigenvalue weighted by molar-refractivity contribution is 8.03. The lowest BCUT2D eigenvalue weighted by Crippen LogP contribution is -1.92. The molecule has 0 fully saturated rings. The fourth-order valence-electron chi connectivity index (χ4n) is 0.625. The predicted octanol–water partition coefficient (Wildman–Crippen LogP) is 1.70. The summed E-state index contributed by atoms with van der Waals surface area (Å²) in [5.74, 6) is 2.79. The molecule has 1 aromatic carbocycles. The molecule has 56 valence electrons. The van der Waals surface area contributed by atoms with Crippen LogP contribution in [-0.2, 0) is 0 Å². The summed E-state index contributed by atoms with van der Waals surface area (Å²) in [6, 6.07) is 10.0. The standard InChI is InChI=1S/C9H9NS/c10-7-4-8-11-9-5-2-1-3-6-9/h1-3,5-6H,7,10H2. The van der Waals surface area contributed by atoms with Crippen LogP contribution in [0, 0.1) is 11.2 Å². The predicted molar refractivity (Wildman–Crippen MR) is 49.1 cm³/mol. The van der Waals surface area contributed by atoms with Crippen LogP contribution in [0.1, 0.15) is 0 Å². The minimum absolute atomic E-state index is 0.430. The number of hydrogen-bond acceptors (Lipinski definition) is 2. The second kappa shape index (κ2) is 4.84. The second-order valence-electron chi connectivity index (χ2n) is 1.90. The molecule has 0 aliphatic rings. The van der Waals surface area contributed by atoms with E-state index in [0.29, 0.717) is 6.54 Å². The third-order valence-corrected chi connectivity index (χ3v) is 1.84. The Morgan fingerprint density at radius 3 is 2.64 bits per heavy atom. The van der Waals surface area contributed by atoms with E-state index in [2.05, 4.69) is 11.2 Å². The summed E-state index contributed by atoms with van der Waals surface area (Å²) in [6.07, 6.45) is 0. The Morgan fingerprint density at radius 1 is 1.27 bits per heavy atom. The van der Waals surface area contributed by atoms with E-state index in [-0.39, 0.29) is 0 Å². The van der Waals surface area contributed by atoms with E-state index >= 15 is 0 Å². The molecule has 0 saturated carbocycles. The van der Waals surface area contributed by atoms with Crippen LogP contribution in [0.3, 0.4) is 0 Å². The van der Waals surface area contributed by atoms with Crippen LogP contribution in [-0.4, -0.2) is 6.54 Å². The monoisotopic (exact) mass is 163 g/mol. The van der Waals surface area contributed by atoms with Crippen molar-refractivity contribution < 1.29 is 0 Å². The molecule has 0 aliphatic carbocycles. The van der Waals surface area contributed by atoms with E-state index in [1.807, 2.05) is 30.3 Å². The van der Waals surface area contributed by atoms with Crippen LogP contribution < -0.4 is 5.73 Å². The molecule has 11 heavy (non-hydrogen) atoms. The van der Waals surface area contributed by atoms with E-state index < -0.39 is 0 Å². The van der Waals surface area contributed by atoms with Crippen molar-refractivity contribution in [3.05, 3.63) is 30.3 Å². The number of thioether (sulfide) groups is 1. The summed E-state index contributed by atoms with van der Waals surface area (Å²) in [7, 11) is 0. The van der Waals surface area contributed by atoms with Gasteiger partial charge in [-0.1, -0.05) is 24.1 Å². The zero-order valence-corrected chi connectivity index (χ0v) is 6.90. The average molecular weight is 163 g/mol. The van der Waals surface area contributed by atoms with Crippen molar-refractivity contribution in [1.82, 2.24) is 0 Å². The van der Waals surface area contributed by atoms with E-state index in [9.17, 15) is 0 Å². The van der Waals surface area contributed by atoms with Crippen molar-refractivity contribution in [3.63, 3.8) is 0 Å². The molecule has 0 saturated heterocycles. The first-order valence-corrected chi connectivity index (χ1v) is 4.15. The Morgan fingerprint density at radius 2 is 2.00 bits per heavy atom. The van der Waals surface area contributed by atoms with Crippen molar-refractivity contribution in [2.24, 2.45) is 5.73 Å². The van der Waals surface area contributed by atoms with E-state index in [4.69, 9.17) is 5.73 Å². The van der Waals surface area contributed by atoms with E-state index in [1.54, 1.807) is 0 Å². The maximum Gasteiger partial charge on any atom is 0.0560 e. The first kappa shape index (κ1) is 8.19. The maximum atomic E-state index is 5.21. The minimum atomic E-state index is 0.430. The van der Waals surface area contributed by atoms with E-state index in [0.717, 1.165) is 4.90 Å². The normalized spacial score (nSPS) is 8.45. The summed E-state index contributed by atoms with van der Waals surface area (Å²) in [5.41, 5.74) is 5.21. The molecule has 1 rings (SSSR count). The molecule has 0 unspecified atom stereocenters. The quantitative estimate of drug-likeness (QED) is 0.503. The Hall–Kier alpha value is -0.910. The molecule has 2 heteroatoms. The van der Waals surface area contributed by atoms with Gasteiger partial charge >= 0.3 is 0 Å². The van der Waals surface area contributed by atoms with Crippen molar-refractivity contribution in [3.8, 4) is 11.2 Å². The molecule has 1 nitrogen and oxygen atoms in total. The van der Waals surface area contributed by atoms with Crippen LogP contribution in [0.5, 0.6) is 0 Å². The number of nitrogens with two attached hydrogens (primary N) is 1. The van der Waals surface area contributed by atoms with Gasteiger partial charge < -0.3 is 5.73 Å². The van der Waals surface area contributed by atoms with Crippen molar-refractivity contribution in [2.75, 3.05) is 6.54 Å². The lowest BCUT2D eigenvalue weighted by molar-refractivity contribution is 1.30. The molecule has 0 bridgehead atoms. The Balaban J connectivity index is 2.52. The van der Waals surface area contributed by atoms with Crippen molar-refractivity contribution in [1.29, 1.82) is 0 Å². The minimum Gasteiger partial charge on any atom is -0.320 e. The molecule has 1 aromatic rings. The fraction of sp³-hybridized carbons (Fsp3) is 0.111. The third-order valence-electron chi connectivity index (χ3n) is 1.09. The highest BCUT2D eigenvalue weighted by Gasteiger charge is 1.84. The van der Waals surface area contributed by atoms with Gasteiger partial charge in [0.15, 0.2) is 0 Å². The smallest absolute Gasteiger partial charge is 0.0560 e. The summed E-state index contributed by atoms with van der Waals surface area (Å²) in [6.45, 7) is 0.430. The van der Waals surface area contributed by atoms with Crippen LogP contribution >= 0.6 is 11.8 Å².